The van der Waals surface area contributed by atoms with Crippen molar-refractivity contribution in [2.75, 3.05) is 23.3 Å². The van der Waals surface area contributed by atoms with Crippen LogP contribution in [0.4, 0.5) is 25.0 Å². The third-order valence-electron chi connectivity index (χ3n) is 4.19. The first kappa shape index (κ1) is 16.2. The van der Waals surface area contributed by atoms with Crippen molar-refractivity contribution in [3.8, 4) is 0 Å². The minimum Gasteiger partial charge on any atom is -0.367 e. The number of rotatable bonds is 4. The van der Waals surface area contributed by atoms with E-state index in [2.05, 4.69) is 34.6 Å². The van der Waals surface area contributed by atoms with Crippen molar-refractivity contribution in [2.24, 2.45) is 0 Å². The fraction of sp³-hybridized carbons (Fsp3) is 0.278. The van der Waals surface area contributed by atoms with E-state index >= 15 is 0 Å². The molecule has 0 aromatic heterocycles. The molecule has 0 spiro atoms. The van der Waals surface area contributed by atoms with Gasteiger partial charge in [0.2, 0.25) is 0 Å². The van der Waals surface area contributed by atoms with Crippen LogP contribution in [0, 0.1) is 11.6 Å². The average Bonchev–Trinajstić information content (AvgIpc) is 2.87. The maximum Gasteiger partial charge on any atom is 0.319 e. The second kappa shape index (κ2) is 6.86. The molecule has 0 saturated carbocycles. The van der Waals surface area contributed by atoms with Crippen molar-refractivity contribution in [1.29, 1.82) is 0 Å². The highest BCUT2D eigenvalue weighted by Gasteiger charge is 2.24. The van der Waals surface area contributed by atoms with E-state index in [1.807, 2.05) is 12.1 Å². The molecule has 1 aliphatic heterocycles. The minimum absolute atomic E-state index is 0.358. The molecule has 4 nitrogen and oxygen atoms in total. The lowest BCUT2D eigenvalue weighted by Gasteiger charge is -2.25. The lowest BCUT2D eigenvalue weighted by molar-refractivity contribution is 0.252. The summed E-state index contributed by atoms with van der Waals surface area (Å²) in [7, 11) is 0. The molecule has 6 heteroatoms. The van der Waals surface area contributed by atoms with Crippen LogP contribution in [0.5, 0.6) is 0 Å². The lowest BCUT2D eigenvalue weighted by atomic mass is 10.1. The van der Waals surface area contributed by atoms with Gasteiger partial charge in [0.25, 0.3) is 0 Å². The Morgan fingerprint density at radius 2 is 1.88 bits per heavy atom. The molecule has 0 aliphatic carbocycles. The zero-order chi connectivity index (χ0) is 17.1. The Morgan fingerprint density at radius 1 is 1.17 bits per heavy atom. The fourth-order valence-electron chi connectivity index (χ4n) is 3.04. The SMILES string of the molecule is CC1Cc2ccccc2N1CCNC(=O)Nc1c(F)cccc1F. The van der Waals surface area contributed by atoms with Crippen molar-refractivity contribution in [2.45, 2.75) is 19.4 Å². The van der Waals surface area contributed by atoms with Gasteiger partial charge in [-0.3, -0.25) is 0 Å². The summed E-state index contributed by atoms with van der Waals surface area (Å²) in [6, 6.07) is 11.4. The van der Waals surface area contributed by atoms with Gasteiger partial charge in [-0.25, -0.2) is 13.6 Å². The van der Waals surface area contributed by atoms with Gasteiger partial charge < -0.3 is 15.5 Å². The number of carbonyl (C=O) groups excluding carboxylic acids is 1. The first-order valence-corrected chi connectivity index (χ1v) is 7.89. The van der Waals surface area contributed by atoms with Gasteiger partial charge in [0.05, 0.1) is 0 Å². The largest absolute Gasteiger partial charge is 0.367 e. The Labute approximate surface area is 139 Å². The van der Waals surface area contributed by atoms with Gasteiger partial charge in [-0.1, -0.05) is 24.3 Å². The number of amides is 2. The summed E-state index contributed by atoms with van der Waals surface area (Å²) < 4.78 is 27.0. The number of anilines is 2. The molecular weight excluding hydrogens is 312 g/mol. The molecule has 1 heterocycles. The number of hydrogen-bond donors (Lipinski definition) is 2. The average molecular weight is 331 g/mol. The smallest absolute Gasteiger partial charge is 0.319 e. The van der Waals surface area contributed by atoms with Gasteiger partial charge in [0.15, 0.2) is 0 Å². The minimum atomic E-state index is -0.799. The molecule has 0 fully saturated rings. The zero-order valence-electron chi connectivity index (χ0n) is 13.4. The Balaban J connectivity index is 1.54. The highest BCUT2D eigenvalue weighted by molar-refractivity contribution is 5.89. The molecule has 0 radical (unpaired) electrons. The van der Waals surface area contributed by atoms with Gasteiger partial charge in [-0.15, -0.1) is 0 Å². The van der Waals surface area contributed by atoms with Crippen molar-refractivity contribution in [3.63, 3.8) is 0 Å². The van der Waals surface area contributed by atoms with Crippen LogP contribution in [0.2, 0.25) is 0 Å². The molecule has 2 aromatic carbocycles. The molecule has 3 rings (SSSR count). The monoisotopic (exact) mass is 331 g/mol. The summed E-state index contributed by atoms with van der Waals surface area (Å²) in [5.41, 5.74) is 2.03. The van der Waals surface area contributed by atoms with E-state index < -0.39 is 23.4 Å². The van der Waals surface area contributed by atoms with Crippen LogP contribution in [-0.4, -0.2) is 25.2 Å². The van der Waals surface area contributed by atoms with E-state index in [0.717, 1.165) is 18.6 Å². The predicted molar refractivity (Wildman–Crippen MR) is 90.3 cm³/mol. The van der Waals surface area contributed by atoms with Crippen molar-refractivity contribution >= 4 is 17.4 Å². The first-order chi connectivity index (χ1) is 11.6. The second-order valence-corrected chi connectivity index (χ2v) is 5.85. The summed E-state index contributed by atoms with van der Waals surface area (Å²) in [6.07, 6.45) is 0.975. The quantitative estimate of drug-likeness (QED) is 0.900. The number of nitrogens with one attached hydrogen (secondary N) is 2. The van der Waals surface area contributed by atoms with Gasteiger partial charge in [0, 0.05) is 24.8 Å². The Hall–Kier alpha value is -2.63. The van der Waals surface area contributed by atoms with Crippen LogP contribution in [-0.2, 0) is 6.42 Å². The number of carbonyl (C=O) groups is 1. The molecule has 2 aromatic rings. The van der Waals surface area contributed by atoms with Crippen LogP contribution in [0.25, 0.3) is 0 Å². The van der Waals surface area contributed by atoms with E-state index in [4.69, 9.17) is 0 Å². The van der Waals surface area contributed by atoms with E-state index in [0.29, 0.717) is 19.1 Å². The zero-order valence-corrected chi connectivity index (χ0v) is 13.4. The van der Waals surface area contributed by atoms with E-state index in [9.17, 15) is 13.6 Å². The van der Waals surface area contributed by atoms with E-state index in [1.54, 1.807) is 0 Å². The summed E-state index contributed by atoms with van der Waals surface area (Å²) in [4.78, 5) is 14.1. The molecule has 1 unspecified atom stereocenters. The highest BCUT2D eigenvalue weighted by atomic mass is 19.1. The van der Waals surface area contributed by atoms with E-state index in [-0.39, 0.29) is 0 Å². The maximum atomic E-state index is 13.5. The second-order valence-electron chi connectivity index (χ2n) is 5.85. The number of halogens is 2. The molecule has 0 bridgehead atoms. The molecular formula is C18H19F2N3O. The van der Waals surface area contributed by atoms with Crippen LogP contribution in [0.1, 0.15) is 12.5 Å². The Bertz CT molecular complexity index is 731. The van der Waals surface area contributed by atoms with Crippen LogP contribution < -0.4 is 15.5 Å². The third-order valence-corrected chi connectivity index (χ3v) is 4.19. The van der Waals surface area contributed by atoms with Crippen LogP contribution in [0.15, 0.2) is 42.5 Å². The van der Waals surface area contributed by atoms with E-state index in [1.165, 1.54) is 17.3 Å². The van der Waals surface area contributed by atoms with Crippen molar-refractivity contribution in [3.05, 3.63) is 59.7 Å². The molecule has 126 valence electrons. The topological polar surface area (TPSA) is 44.4 Å². The first-order valence-electron chi connectivity index (χ1n) is 7.89. The summed E-state index contributed by atoms with van der Waals surface area (Å²) >= 11 is 0. The number of hydrogen-bond acceptors (Lipinski definition) is 2. The van der Waals surface area contributed by atoms with Gasteiger partial charge in [-0.2, -0.15) is 0 Å². The normalized spacial score (nSPS) is 16.0. The van der Waals surface area contributed by atoms with Gasteiger partial charge >= 0.3 is 6.03 Å². The number of para-hydroxylation sites is 2. The highest BCUT2D eigenvalue weighted by Crippen LogP contribution is 2.31. The van der Waals surface area contributed by atoms with Crippen LogP contribution in [0.3, 0.4) is 0 Å². The number of benzene rings is 2. The standard InChI is InChI=1S/C18H19F2N3O/c1-12-11-13-5-2-3-8-16(13)23(12)10-9-21-18(24)22-17-14(19)6-4-7-15(17)20/h2-8,12H,9-11H2,1H3,(H2,21,22,24). The summed E-state index contributed by atoms with van der Waals surface area (Å²) in [5, 5.41) is 4.85. The summed E-state index contributed by atoms with van der Waals surface area (Å²) in [6.45, 7) is 3.14. The molecule has 1 aliphatic rings. The maximum absolute atomic E-state index is 13.5. The molecule has 24 heavy (non-hydrogen) atoms. The Kier molecular flexibility index (Phi) is 4.64. The number of fused-ring (bicyclic) bond motifs is 1. The molecule has 2 amide bonds. The van der Waals surface area contributed by atoms with Gasteiger partial charge in [0.1, 0.15) is 17.3 Å². The molecule has 2 N–H and O–H groups in total. The number of urea groups is 1. The number of nitrogens with zero attached hydrogens (tertiary/aromatic N) is 1. The predicted octanol–water partition coefficient (Wildman–Crippen LogP) is 3.54. The van der Waals surface area contributed by atoms with Gasteiger partial charge in [-0.05, 0) is 37.1 Å². The Morgan fingerprint density at radius 3 is 2.62 bits per heavy atom. The third kappa shape index (κ3) is 3.32. The van der Waals surface area contributed by atoms with Crippen molar-refractivity contribution < 1.29 is 13.6 Å². The fourth-order valence-corrected chi connectivity index (χ4v) is 3.04. The molecule has 1 atom stereocenters. The lowest BCUT2D eigenvalue weighted by Crippen LogP contribution is -2.39. The van der Waals surface area contributed by atoms with Crippen molar-refractivity contribution in [1.82, 2.24) is 5.32 Å². The summed E-state index contributed by atoms with van der Waals surface area (Å²) in [5.74, 6) is -1.60. The van der Waals surface area contributed by atoms with Crippen LogP contribution >= 0.6 is 0 Å². The molecule has 0 saturated heterocycles.